The van der Waals surface area contributed by atoms with Crippen molar-refractivity contribution in [1.29, 1.82) is 0 Å². The van der Waals surface area contributed by atoms with E-state index in [0.717, 1.165) is 16.6 Å². The van der Waals surface area contributed by atoms with Crippen molar-refractivity contribution in [3.63, 3.8) is 0 Å². The zero-order chi connectivity index (χ0) is 17.8. The van der Waals surface area contributed by atoms with Gasteiger partial charge in [-0.2, -0.15) is 0 Å². The summed E-state index contributed by atoms with van der Waals surface area (Å²) in [5.74, 6) is -0.697. The number of nitrogens with two attached hydrogens (primary N) is 1. The first kappa shape index (κ1) is 22.7. The maximum atomic E-state index is 11.8. The third-order valence-electron chi connectivity index (χ3n) is 4.01. The van der Waals surface area contributed by atoms with E-state index in [9.17, 15) is 9.90 Å². The highest BCUT2D eigenvalue weighted by Crippen LogP contribution is 2.28. The zero-order valence-electron chi connectivity index (χ0n) is 14.8. The molecule has 0 fully saturated rings. The molecule has 1 aromatic heterocycles. The van der Waals surface area contributed by atoms with Crippen molar-refractivity contribution in [3.8, 4) is 5.75 Å². The predicted octanol–water partition coefficient (Wildman–Crippen LogP) is 4.03. The van der Waals surface area contributed by atoms with E-state index in [1.807, 2.05) is 43.3 Å². The first-order valence-electron chi connectivity index (χ1n) is 8.09. The summed E-state index contributed by atoms with van der Waals surface area (Å²) in [4.78, 5) is 16.0. The lowest BCUT2D eigenvalue weighted by Gasteiger charge is -2.16. The topological polar surface area (TPSA) is 85.4 Å². The summed E-state index contributed by atoms with van der Waals surface area (Å²) in [6, 6.07) is 14.9. The maximum Gasteiger partial charge on any atom is 0.340 e. The van der Waals surface area contributed by atoms with Gasteiger partial charge in [-0.25, -0.2) is 4.79 Å². The minimum atomic E-state index is -1.03. The average Bonchev–Trinajstić information content (AvgIpc) is 2.59. The standard InChI is InChI=1S/C20H20N2O3.2ClH/c1-13-9-17-15(11-22-13)7-8-18(19(17)20(23)24)25-12-16(21)10-14-5-3-2-4-6-14;;/h2-9,11,16H,10,12,21H2,1H3,(H,23,24);2*1H/t16-;;/m1../s1. The number of fused-ring (bicyclic) bond motifs is 1. The molecule has 0 spiro atoms. The minimum absolute atomic E-state index is 0. The van der Waals surface area contributed by atoms with Gasteiger partial charge in [0.15, 0.2) is 0 Å². The van der Waals surface area contributed by atoms with Crippen molar-refractivity contribution in [3.05, 3.63) is 71.5 Å². The van der Waals surface area contributed by atoms with Crippen molar-refractivity contribution >= 4 is 41.6 Å². The van der Waals surface area contributed by atoms with E-state index in [1.165, 1.54) is 0 Å². The second kappa shape index (κ2) is 10.1. The van der Waals surface area contributed by atoms with Crippen molar-refractivity contribution in [2.75, 3.05) is 6.61 Å². The molecule has 0 aliphatic rings. The van der Waals surface area contributed by atoms with Crippen LogP contribution in [0.4, 0.5) is 0 Å². The molecule has 1 heterocycles. The molecule has 5 nitrogen and oxygen atoms in total. The summed E-state index contributed by atoms with van der Waals surface area (Å²) in [7, 11) is 0. The maximum absolute atomic E-state index is 11.8. The molecule has 144 valence electrons. The number of carboxylic acid groups (broad SMARTS) is 1. The Balaban J connectivity index is 0.00000182. The number of hydrogen-bond acceptors (Lipinski definition) is 4. The van der Waals surface area contributed by atoms with Crippen LogP contribution in [0.25, 0.3) is 10.8 Å². The molecule has 0 aliphatic heterocycles. The quantitative estimate of drug-likeness (QED) is 0.642. The molecule has 3 aromatic rings. The van der Waals surface area contributed by atoms with E-state index in [0.29, 0.717) is 17.6 Å². The Morgan fingerprint density at radius 2 is 1.89 bits per heavy atom. The lowest BCUT2D eigenvalue weighted by molar-refractivity contribution is 0.0694. The van der Waals surface area contributed by atoms with Crippen LogP contribution in [-0.4, -0.2) is 28.7 Å². The van der Waals surface area contributed by atoms with Gasteiger partial charge in [-0.1, -0.05) is 30.3 Å². The van der Waals surface area contributed by atoms with Crippen molar-refractivity contribution in [2.45, 2.75) is 19.4 Å². The van der Waals surface area contributed by atoms with Gasteiger partial charge in [-0.3, -0.25) is 4.98 Å². The molecule has 1 atom stereocenters. The van der Waals surface area contributed by atoms with Gasteiger partial charge < -0.3 is 15.6 Å². The van der Waals surface area contributed by atoms with Crippen LogP contribution in [0.2, 0.25) is 0 Å². The molecule has 2 aromatic carbocycles. The molecular weight excluding hydrogens is 387 g/mol. The van der Waals surface area contributed by atoms with Crippen LogP contribution in [0.15, 0.2) is 54.7 Å². The Bertz CT molecular complexity index is 904. The van der Waals surface area contributed by atoms with E-state index in [2.05, 4.69) is 4.98 Å². The molecule has 0 radical (unpaired) electrons. The number of aromatic carboxylic acids is 1. The van der Waals surface area contributed by atoms with Crippen molar-refractivity contribution < 1.29 is 14.6 Å². The fourth-order valence-electron chi connectivity index (χ4n) is 2.81. The molecule has 0 bridgehead atoms. The molecule has 0 amide bonds. The number of carbonyl (C=O) groups is 1. The summed E-state index contributed by atoms with van der Waals surface area (Å²) in [6.07, 6.45) is 2.34. The van der Waals surface area contributed by atoms with Crippen LogP contribution in [0, 0.1) is 6.92 Å². The molecule has 7 heteroatoms. The van der Waals surface area contributed by atoms with Gasteiger partial charge in [0.2, 0.25) is 0 Å². The monoisotopic (exact) mass is 408 g/mol. The smallest absolute Gasteiger partial charge is 0.340 e. The SMILES string of the molecule is Cc1cc2c(C(=O)O)c(OC[C@H](N)Cc3ccccc3)ccc2cn1.Cl.Cl. The highest BCUT2D eigenvalue weighted by atomic mass is 35.5. The van der Waals surface area contributed by atoms with E-state index >= 15 is 0 Å². The van der Waals surface area contributed by atoms with E-state index in [1.54, 1.807) is 18.3 Å². The highest BCUT2D eigenvalue weighted by Gasteiger charge is 2.17. The molecule has 0 aliphatic carbocycles. The Hall–Kier alpha value is -2.34. The lowest BCUT2D eigenvalue weighted by Crippen LogP contribution is -2.30. The normalized spacial score (nSPS) is 11.2. The predicted molar refractivity (Wildman–Crippen MR) is 112 cm³/mol. The Kier molecular flexibility index (Phi) is 8.50. The van der Waals surface area contributed by atoms with Gasteiger partial charge in [0.05, 0.1) is 0 Å². The summed E-state index contributed by atoms with van der Waals surface area (Å²) in [6.45, 7) is 2.07. The van der Waals surface area contributed by atoms with Gasteiger partial charge in [-0.05, 0) is 37.1 Å². The van der Waals surface area contributed by atoms with Crippen LogP contribution in [-0.2, 0) is 6.42 Å². The Labute approximate surface area is 170 Å². The Morgan fingerprint density at radius 1 is 1.19 bits per heavy atom. The van der Waals surface area contributed by atoms with Gasteiger partial charge in [-0.15, -0.1) is 24.8 Å². The third kappa shape index (κ3) is 5.57. The number of hydrogen-bond donors (Lipinski definition) is 2. The summed E-state index contributed by atoms with van der Waals surface area (Å²) in [5, 5.41) is 11.0. The minimum Gasteiger partial charge on any atom is -0.491 e. The number of rotatable bonds is 6. The van der Waals surface area contributed by atoms with E-state index in [-0.39, 0.29) is 43.0 Å². The average molecular weight is 409 g/mol. The van der Waals surface area contributed by atoms with Crippen LogP contribution in [0.5, 0.6) is 5.75 Å². The third-order valence-corrected chi connectivity index (χ3v) is 4.01. The first-order valence-corrected chi connectivity index (χ1v) is 8.09. The second-order valence-corrected chi connectivity index (χ2v) is 6.05. The molecule has 0 unspecified atom stereocenters. The molecule has 27 heavy (non-hydrogen) atoms. The molecular formula is C20H22Cl2N2O3. The fraction of sp³-hybridized carbons (Fsp3) is 0.200. The molecule has 0 saturated heterocycles. The fourth-order valence-corrected chi connectivity index (χ4v) is 2.81. The summed E-state index contributed by atoms with van der Waals surface area (Å²) >= 11 is 0. The zero-order valence-corrected chi connectivity index (χ0v) is 16.4. The number of aryl methyl sites for hydroxylation is 1. The van der Waals surface area contributed by atoms with Gasteiger partial charge in [0, 0.05) is 28.7 Å². The lowest BCUT2D eigenvalue weighted by atomic mass is 10.0. The number of nitrogens with zero attached hydrogens (tertiary/aromatic N) is 1. The van der Waals surface area contributed by atoms with Gasteiger partial charge in [0.25, 0.3) is 0 Å². The van der Waals surface area contributed by atoms with Gasteiger partial charge in [0.1, 0.15) is 17.9 Å². The summed E-state index contributed by atoms with van der Waals surface area (Å²) in [5.41, 5.74) is 8.16. The van der Waals surface area contributed by atoms with Gasteiger partial charge >= 0.3 is 5.97 Å². The van der Waals surface area contributed by atoms with Crippen LogP contribution >= 0.6 is 24.8 Å². The molecule has 0 saturated carbocycles. The highest BCUT2D eigenvalue weighted by molar-refractivity contribution is 6.06. The number of pyridine rings is 1. The van der Waals surface area contributed by atoms with Crippen molar-refractivity contribution in [1.82, 2.24) is 4.98 Å². The van der Waals surface area contributed by atoms with E-state index < -0.39 is 5.97 Å². The number of aromatic nitrogens is 1. The van der Waals surface area contributed by atoms with Crippen molar-refractivity contribution in [2.24, 2.45) is 5.73 Å². The van der Waals surface area contributed by atoms with Crippen LogP contribution < -0.4 is 10.5 Å². The van der Waals surface area contributed by atoms with Crippen LogP contribution in [0.3, 0.4) is 0 Å². The largest absolute Gasteiger partial charge is 0.491 e. The molecule has 3 rings (SSSR count). The Morgan fingerprint density at radius 3 is 2.56 bits per heavy atom. The van der Waals surface area contributed by atoms with Crippen LogP contribution in [0.1, 0.15) is 21.6 Å². The van der Waals surface area contributed by atoms with E-state index in [4.69, 9.17) is 10.5 Å². The number of benzene rings is 2. The number of halogens is 2. The second-order valence-electron chi connectivity index (χ2n) is 6.05. The first-order chi connectivity index (χ1) is 12.0. The number of carboxylic acids is 1. The molecule has 3 N–H and O–H groups in total. The summed E-state index contributed by atoms with van der Waals surface area (Å²) < 4.78 is 5.75. The number of ether oxygens (including phenoxy) is 1.